The van der Waals surface area contributed by atoms with Crippen molar-refractivity contribution < 1.29 is 4.79 Å². The van der Waals surface area contributed by atoms with E-state index in [0.717, 1.165) is 27.1 Å². The van der Waals surface area contributed by atoms with Crippen LogP contribution in [0.4, 0.5) is 5.69 Å². The first-order valence-electron chi connectivity index (χ1n) is 9.95. The number of fused-ring (bicyclic) bond motifs is 1. The lowest BCUT2D eigenvalue weighted by atomic mass is 9.98. The Kier molecular flexibility index (Phi) is 6.16. The summed E-state index contributed by atoms with van der Waals surface area (Å²) >= 11 is 4.84. The minimum Gasteiger partial charge on any atom is -0.324 e. The molecule has 7 heteroatoms. The third-order valence-electron chi connectivity index (χ3n) is 5.34. The molecule has 0 aliphatic rings. The van der Waals surface area contributed by atoms with Crippen molar-refractivity contribution in [2.24, 2.45) is 0 Å². The molecule has 0 saturated carbocycles. The van der Waals surface area contributed by atoms with Gasteiger partial charge in [0.1, 0.15) is 5.82 Å². The molecular formula is C24H23BrN4OS. The number of aryl methyl sites for hydroxylation is 4. The maximum Gasteiger partial charge on any atom is 0.234 e. The molecule has 0 aliphatic carbocycles. The van der Waals surface area contributed by atoms with Crippen LogP contribution in [0.1, 0.15) is 22.5 Å². The number of anilines is 1. The van der Waals surface area contributed by atoms with Crippen LogP contribution in [0.5, 0.6) is 0 Å². The molecule has 0 atom stereocenters. The predicted molar refractivity (Wildman–Crippen MR) is 131 cm³/mol. The molecule has 1 amide bonds. The Morgan fingerprint density at radius 2 is 1.68 bits per heavy atom. The third-order valence-corrected chi connectivity index (χ3v) is 6.96. The number of para-hydroxylation sites is 1. The lowest BCUT2D eigenvalue weighted by Gasteiger charge is -2.15. The number of carbonyl (C=O) groups is 1. The standard InChI is InChI=1S/C24H23BrN4OS/c1-14-9-10-22(19-12-16(3)15(2)11-18(14)19)29-17(4)27-28-24(29)31-13-23(30)26-21-8-6-5-7-20(21)25/h5-12H,13H2,1-4H3,(H,26,30). The average Bonchev–Trinajstić information content (AvgIpc) is 3.10. The van der Waals surface area contributed by atoms with E-state index in [2.05, 4.69) is 76.5 Å². The van der Waals surface area contributed by atoms with Crippen LogP contribution in [0.25, 0.3) is 16.5 Å². The highest BCUT2D eigenvalue weighted by molar-refractivity contribution is 9.10. The van der Waals surface area contributed by atoms with Crippen LogP contribution in [-0.2, 0) is 4.79 Å². The Balaban J connectivity index is 1.65. The van der Waals surface area contributed by atoms with Crippen molar-refractivity contribution in [3.05, 3.63) is 75.5 Å². The van der Waals surface area contributed by atoms with Gasteiger partial charge in [-0.25, -0.2) is 0 Å². The van der Waals surface area contributed by atoms with Crippen LogP contribution < -0.4 is 5.32 Å². The second-order valence-corrected chi connectivity index (χ2v) is 9.36. The highest BCUT2D eigenvalue weighted by atomic mass is 79.9. The van der Waals surface area contributed by atoms with E-state index in [4.69, 9.17) is 0 Å². The highest BCUT2D eigenvalue weighted by Crippen LogP contribution is 2.31. The fraction of sp³-hybridized carbons (Fsp3) is 0.208. The van der Waals surface area contributed by atoms with Crippen LogP contribution in [0.2, 0.25) is 0 Å². The van der Waals surface area contributed by atoms with E-state index in [9.17, 15) is 4.79 Å². The van der Waals surface area contributed by atoms with Gasteiger partial charge in [0.15, 0.2) is 5.16 Å². The van der Waals surface area contributed by atoms with Gasteiger partial charge >= 0.3 is 0 Å². The molecule has 1 heterocycles. The monoisotopic (exact) mass is 494 g/mol. The average molecular weight is 495 g/mol. The maximum atomic E-state index is 12.5. The molecule has 1 N–H and O–H groups in total. The normalized spacial score (nSPS) is 11.1. The van der Waals surface area contributed by atoms with Gasteiger partial charge in [0, 0.05) is 9.86 Å². The predicted octanol–water partition coefficient (Wildman–Crippen LogP) is 6.15. The molecule has 3 aromatic carbocycles. The Labute approximate surface area is 194 Å². The highest BCUT2D eigenvalue weighted by Gasteiger charge is 2.17. The van der Waals surface area contributed by atoms with E-state index < -0.39 is 0 Å². The van der Waals surface area contributed by atoms with Gasteiger partial charge in [-0.05, 0) is 90.0 Å². The number of hydrogen-bond acceptors (Lipinski definition) is 4. The molecule has 0 saturated heterocycles. The van der Waals surface area contributed by atoms with Gasteiger partial charge in [-0.2, -0.15) is 0 Å². The van der Waals surface area contributed by atoms with Crippen molar-refractivity contribution in [2.75, 3.05) is 11.1 Å². The van der Waals surface area contributed by atoms with E-state index in [1.165, 1.54) is 33.8 Å². The Morgan fingerprint density at radius 1 is 0.968 bits per heavy atom. The lowest BCUT2D eigenvalue weighted by Crippen LogP contribution is -2.15. The summed E-state index contributed by atoms with van der Waals surface area (Å²) in [5, 5.41) is 14.6. The van der Waals surface area contributed by atoms with E-state index in [1.807, 2.05) is 35.8 Å². The number of nitrogens with zero attached hydrogens (tertiary/aromatic N) is 3. The molecule has 0 fully saturated rings. The van der Waals surface area contributed by atoms with Gasteiger partial charge in [0.05, 0.1) is 17.1 Å². The number of aromatic nitrogens is 3. The van der Waals surface area contributed by atoms with Gasteiger partial charge in [-0.3, -0.25) is 9.36 Å². The SMILES string of the molecule is Cc1cc2c(C)ccc(-n3c(C)nnc3SCC(=O)Nc3ccccc3Br)c2cc1C. The zero-order valence-corrected chi connectivity index (χ0v) is 20.3. The molecule has 0 spiro atoms. The van der Waals surface area contributed by atoms with Crippen molar-refractivity contribution in [2.45, 2.75) is 32.9 Å². The zero-order chi connectivity index (χ0) is 22.1. The molecule has 4 aromatic rings. The Hall–Kier alpha value is -2.64. The van der Waals surface area contributed by atoms with E-state index in [0.29, 0.717) is 5.16 Å². The van der Waals surface area contributed by atoms with Gasteiger partial charge in [0.25, 0.3) is 0 Å². The summed E-state index contributed by atoms with van der Waals surface area (Å²) in [5.41, 5.74) is 5.52. The molecule has 0 bridgehead atoms. The molecule has 158 valence electrons. The van der Waals surface area contributed by atoms with Crippen molar-refractivity contribution in [3.8, 4) is 5.69 Å². The summed E-state index contributed by atoms with van der Waals surface area (Å²) in [6, 6.07) is 16.3. The molecule has 5 nitrogen and oxygen atoms in total. The van der Waals surface area contributed by atoms with Crippen molar-refractivity contribution >= 4 is 50.1 Å². The number of halogens is 1. The maximum absolute atomic E-state index is 12.5. The smallest absolute Gasteiger partial charge is 0.234 e. The van der Waals surface area contributed by atoms with Crippen LogP contribution in [-0.4, -0.2) is 26.4 Å². The Bertz CT molecular complexity index is 1300. The van der Waals surface area contributed by atoms with Crippen LogP contribution in [0.15, 0.2) is 58.2 Å². The second-order valence-electron chi connectivity index (χ2n) is 7.57. The molecule has 0 unspecified atom stereocenters. The molecule has 1 aromatic heterocycles. The van der Waals surface area contributed by atoms with Gasteiger partial charge in [0.2, 0.25) is 5.91 Å². The number of amides is 1. The van der Waals surface area contributed by atoms with E-state index in [-0.39, 0.29) is 11.7 Å². The number of carbonyl (C=O) groups excluding carboxylic acids is 1. The number of rotatable bonds is 5. The molecule has 4 rings (SSSR count). The number of benzene rings is 3. The van der Waals surface area contributed by atoms with Crippen molar-refractivity contribution in [1.82, 2.24) is 14.8 Å². The topological polar surface area (TPSA) is 59.8 Å². The summed E-state index contributed by atoms with van der Waals surface area (Å²) < 4.78 is 2.89. The fourth-order valence-electron chi connectivity index (χ4n) is 3.53. The van der Waals surface area contributed by atoms with E-state index in [1.54, 1.807) is 0 Å². The summed E-state index contributed by atoms with van der Waals surface area (Å²) in [6.07, 6.45) is 0. The fourth-order valence-corrected chi connectivity index (χ4v) is 4.70. The van der Waals surface area contributed by atoms with Gasteiger partial charge in [-0.1, -0.05) is 36.0 Å². The number of hydrogen-bond donors (Lipinski definition) is 1. The van der Waals surface area contributed by atoms with Crippen molar-refractivity contribution in [1.29, 1.82) is 0 Å². The first kappa shape index (κ1) is 21.6. The summed E-state index contributed by atoms with van der Waals surface area (Å²) in [4.78, 5) is 12.5. The van der Waals surface area contributed by atoms with Gasteiger partial charge in [-0.15, -0.1) is 10.2 Å². The summed E-state index contributed by atoms with van der Waals surface area (Å²) in [5.74, 6) is 0.933. The third kappa shape index (κ3) is 4.38. The minimum absolute atomic E-state index is 0.0932. The van der Waals surface area contributed by atoms with Crippen LogP contribution in [0, 0.1) is 27.7 Å². The quantitative estimate of drug-likeness (QED) is 0.338. The minimum atomic E-state index is -0.0932. The molecule has 0 radical (unpaired) electrons. The molecule has 31 heavy (non-hydrogen) atoms. The van der Waals surface area contributed by atoms with Crippen molar-refractivity contribution in [3.63, 3.8) is 0 Å². The number of nitrogens with one attached hydrogen (secondary N) is 1. The van der Waals surface area contributed by atoms with Crippen LogP contribution in [0.3, 0.4) is 0 Å². The molecule has 0 aliphatic heterocycles. The first-order chi connectivity index (χ1) is 14.8. The summed E-state index contributed by atoms with van der Waals surface area (Å²) in [7, 11) is 0. The van der Waals surface area contributed by atoms with Gasteiger partial charge < -0.3 is 5.32 Å². The number of thioether (sulfide) groups is 1. The second kappa shape index (κ2) is 8.85. The summed E-state index contributed by atoms with van der Waals surface area (Å²) in [6.45, 7) is 8.32. The zero-order valence-electron chi connectivity index (χ0n) is 17.9. The molecular weight excluding hydrogens is 472 g/mol. The first-order valence-corrected chi connectivity index (χ1v) is 11.7. The Morgan fingerprint density at radius 3 is 2.42 bits per heavy atom. The van der Waals surface area contributed by atoms with Crippen LogP contribution >= 0.6 is 27.7 Å². The van der Waals surface area contributed by atoms with E-state index >= 15 is 0 Å². The largest absolute Gasteiger partial charge is 0.324 e. The lowest BCUT2D eigenvalue weighted by molar-refractivity contribution is -0.113.